The Morgan fingerprint density at radius 2 is 0.815 bits per heavy atom. The van der Waals surface area contributed by atoms with E-state index in [1.807, 2.05) is 6.07 Å². The van der Waals surface area contributed by atoms with Gasteiger partial charge in [0.15, 0.2) is 27.1 Å². The van der Waals surface area contributed by atoms with Crippen LogP contribution >= 0.6 is 54.5 Å². The maximum Gasteiger partial charge on any atom is 0.427 e. The van der Waals surface area contributed by atoms with E-state index in [0.717, 1.165) is 78.9 Å². The number of thiazole rings is 2. The number of Topliss-reactive ketones (excluding diaryl/α,β-unsaturated/α-hetero) is 3. The van der Waals surface area contributed by atoms with E-state index in [4.69, 9.17) is 14.2 Å². The first-order chi connectivity index (χ1) is 50.0. The van der Waals surface area contributed by atoms with Crippen LogP contribution in [0.25, 0.3) is 10.6 Å². The molecule has 0 unspecified atom stereocenters. The van der Waals surface area contributed by atoms with Crippen LogP contribution in [0.3, 0.4) is 0 Å². The van der Waals surface area contributed by atoms with Crippen LogP contribution in [0.5, 0.6) is 0 Å². The number of hydrogen-bond donors (Lipinski definition) is 0. The van der Waals surface area contributed by atoms with Crippen LogP contribution in [0.2, 0.25) is 13.3 Å². The summed E-state index contributed by atoms with van der Waals surface area (Å²) in [4.78, 5) is 97.7. The maximum absolute atomic E-state index is 15.4. The van der Waals surface area contributed by atoms with Gasteiger partial charge in [0.25, 0.3) is 0 Å². The van der Waals surface area contributed by atoms with Crippen LogP contribution in [0.4, 0.5) is 67.1 Å². The average Bonchev–Trinajstić information content (AvgIpc) is 1.45. The third kappa shape index (κ3) is 27.4. The Balaban J connectivity index is 0.000000275. The van der Waals surface area contributed by atoms with Gasteiger partial charge in [-0.2, -0.15) is 26.3 Å². The molecule has 0 radical (unpaired) electrons. The van der Waals surface area contributed by atoms with Gasteiger partial charge in [0, 0.05) is 42.6 Å². The molecule has 108 heavy (non-hydrogen) atoms. The summed E-state index contributed by atoms with van der Waals surface area (Å²) in [6.07, 6.45) is -3.04. The standard InChI is InChI=1S/C22H24F5N3O3S.C18H23BrF2N2O3.C18H23F2N2O3.C4HBrF3NS.3C4H9.Sn/c1-11-14(23)8-16(30(11)20(32)33-21(2,3)4)17(31)6-5-12-7-13(15(24)9-28-12)19-29-10-18(34-19)22(25,26)27;1-10-13(20)8-15(23(10)17(25)26-18(2,3)4)16(24)6-5-11-7-12(19)14(21)9-22-11;1-11-14(20)9-15(22(11)17(24)25-18(2,3)4)16(23)8-7-13-6-5-12(19)10-21-13;5-3-9-1-2(10-3)4(6,7)8;3*1-3-4-2;/h7,9-11,14,16H,5-6,8H2,1-4H3;7,9-10,13,15H,5-6,8H2,1-4H3;6,10-11,14-15H,7-9H2,1-4H3;1H;3*1,3-4H2,2H3;/t11-,14+,16-;10-,13+,15-;11-,14+,15-;;;;;/m000...../s1. The monoisotopic (exact) mass is 1810 g/mol. The van der Waals surface area contributed by atoms with Crippen molar-refractivity contribution in [2.45, 2.75) is 297 Å². The fourth-order valence-electron chi connectivity index (χ4n) is 12.5. The van der Waals surface area contributed by atoms with E-state index in [1.54, 1.807) is 76.2 Å². The number of alkyl halides is 9. The van der Waals surface area contributed by atoms with Gasteiger partial charge in [-0.1, -0.05) is 0 Å². The van der Waals surface area contributed by atoms with Crippen molar-refractivity contribution in [3.63, 3.8) is 0 Å². The van der Waals surface area contributed by atoms with Gasteiger partial charge in [0.1, 0.15) is 38.3 Å². The predicted molar refractivity (Wildman–Crippen MR) is 398 cm³/mol. The molecule has 9 atom stereocenters. The number of unbranched alkanes of at least 4 members (excludes halogenated alkanes) is 3. The number of ketones is 3. The Hall–Kier alpha value is -5.55. The summed E-state index contributed by atoms with van der Waals surface area (Å²) in [7, 11) is 0. The molecule has 17 nitrogen and oxygen atoms in total. The van der Waals surface area contributed by atoms with Gasteiger partial charge in [-0.15, -0.1) is 22.7 Å². The summed E-state index contributed by atoms with van der Waals surface area (Å²) in [6.45, 7) is 26.7. The van der Waals surface area contributed by atoms with Crippen molar-refractivity contribution in [3.05, 3.63) is 102 Å². The topological polar surface area (TPSA) is 204 Å². The molecule has 3 aliphatic heterocycles. The number of aryl methyl sites for hydroxylation is 3. The second kappa shape index (κ2) is 40.3. The Bertz CT molecular complexity index is 3820. The number of amides is 3. The molecule has 3 fully saturated rings. The zero-order valence-corrected chi connectivity index (χ0v) is 71.1. The van der Waals surface area contributed by atoms with E-state index in [-0.39, 0.29) is 93.4 Å². The molecule has 0 saturated carbocycles. The second-order valence-electron chi connectivity index (χ2n) is 30.1. The predicted octanol–water partition coefficient (Wildman–Crippen LogP) is 20.3. The average molecular weight is 1810 g/mol. The molecule has 0 spiro atoms. The molecule has 0 aromatic carbocycles. The molecule has 5 aromatic rings. The number of rotatable bonds is 23. The third-order valence-electron chi connectivity index (χ3n) is 18.1. The second-order valence-corrected chi connectivity index (χ2v) is 47.4. The molecule has 0 N–H and O–H groups in total. The van der Waals surface area contributed by atoms with Gasteiger partial charge >= 0.3 is 259 Å². The molecular weight excluding hydrogens is 1720 g/mol. The van der Waals surface area contributed by atoms with Gasteiger partial charge in [-0.3, -0.25) is 29.4 Å². The molecule has 3 aliphatic rings. The number of hydrogen-bond acceptors (Lipinski definition) is 16. The van der Waals surface area contributed by atoms with Crippen molar-refractivity contribution in [2.24, 2.45) is 0 Å². The van der Waals surface area contributed by atoms with Gasteiger partial charge in [0.05, 0.1) is 53.4 Å². The molecule has 8 heterocycles. The van der Waals surface area contributed by atoms with Crippen LogP contribution in [-0.2, 0) is 60.2 Å². The van der Waals surface area contributed by atoms with Gasteiger partial charge < -0.3 is 9.47 Å². The van der Waals surface area contributed by atoms with E-state index in [9.17, 15) is 77.1 Å². The fraction of sp³-hybridized carbons (Fsp3) is 0.635. The Morgan fingerprint density at radius 1 is 0.481 bits per heavy atom. The van der Waals surface area contributed by atoms with Crippen molar-refractivity contribution in [3.8, 4) is 10.6 Å². The first kappa shape index (κ1) is 93.1. The number of likely N-dealkylation sites (tertiary alicyclic amines) is 3. The number of halogens is 14. The van der Waals surface area contributed by atoms with E-state index in [0.29, 0.717) is 46.7 Å². The molecule has 0 aliphatic carbocycles. The minimum atomic E-state index is -4.60. The van der Waals surface area contributed by atoms with Crippen LogP contribution in [-0.4, -0.2) is 165 Å². The molecule has 3 amide bonds. The summed E-state index contributed by atoms with van der Waals surface area (Å²) < 4.78 is 181. The summed E-state index contributed by atoms with van der Waals surface area (Å²) in [6, 6.07) is -0.325. The fourth-order valence-corrected chi connectivity index (χ4v) is 31.1. The number of ether oxygens (including phenoxy) is 3. The summed E-state index contributed by atoms with van der Waals surface area (Å²) in [5.74, 6) is -2.39. The molecule has 34 heteroatoms. The van der Waals surface area contributed by atoms with Gasteiger partial charge in [-0.25, -0.2) is 37.1 Å². The van der Waals surface area contributed by atoms with Crippen LogP contribution in [0.15, 0.2) is 57.6 Å². The number of aromatic nitrogens is 5. The minimum absolute atomic E-state index is 0.0214. The molecule has 8 rings (SSSR count). The van der Waals surface area contributed by atoms with E-state index in [2.05, 4.69) is 77.6 Å². The van der Waals surface area contributed by atoms with Crippen LogP contribution in [0, 0.1) is 17.5 Å². The zero-order chi connectivity index (χ0) is 81.4. The quantitative estimate of drug-likeness (QED) is 0.0339. The van der Waals surface area contributed by atoms with Crippen molar-refractivity contribution in [1.29, 1.82) is 0 Å². The van der Waals surface area contributed by atoms with Crippen molar-refractivity contribution >= 4 is 112 Å². The molecule has 5 aromatic heterocycles. The van der Waals surface area contributed by atoms with E-state index < -0.39 is 148 Å². The zero-order valence-electron chi connectivity index (χ0n) is 63.4. The van der Waals surface area contributed by atoms with Crippen molar-refractivity contribution in [1.82, 2.24) is 39.6 Å². The summed E-state index contributed by atoms with van der Waals surface area (Å²) in [5.41, 5.74) is -0.950. The third-order valence-corrected chi connectivity index (χ3v) is 36.9. The molecular formula is C74H98Br2F12N8O9S2Sn. The van der Waals surface area contributed by atoms with Gasteiger partial charge in [-0.05, 0) is 112 Å². The van der Waals surface area contributed by atoms with Crippen LogP contribution < -0.4 is 3.58 Å². The Morgan fingerprint density at radius 3 is 1.13 bits per heavy atom. The Kier molecular flexibility index (Phi) is 34.7. The van der Waals surface area contributed by atoms with Crippen molar-refractivity contribution < 1.29 is 95.7 Å². The first-order valence-electron chi connectivity index (χ1n) is 35.9. The first-order valence-corrected chi connectivity index (χ1v) is 46.6. The van der Waals surface area contributed by atoms with Crippen molar-refractivity contribution in [2.75, 3.05) is 0 Å². The summed E-state index contributed by atoms with van der Waals surface area (Å²) >= 11 is 3.75. The van der Waals surface area contributed by atoms with Gasteiger partial charge in [0.2, 0.25) is 0 Å². The normalized spacial score (nSPS) is 20.4. The minimum Gasteiger partial charge on any atom is -0.444 e. The smallest absolute Gasteiger partial charge is 0.427 e. The number of carbonyl (C=O) groups excluding carboxylic acids is 6. The maximum atomic E-state index is 15.4. The SMILES string of the molecule is CCC[CH2][Sn]([CH2]CCC)([CH2]CCC)[c]1cc(CCC(=O)[C@@H]2C[C@@H](F)[C@H](C)N2C(=O)OC(C)(C)C)ncc1F.C[C@H]1[C@H](F)C[C@@H](C(=O)CCc2cc(-c3ncc(C(F)(F)F)s3)c(F)cn2)N1C(=O)OC(C)(C)C.C[C@H]1[C@H](F)C[C@@H](C(=O)CCc2cc(Br)c(F)cn2)N1C(=O)OC(C)(C)C.FC(F)(F)c1cnc(Br)s1. The largest absolute Gasteiger partial charge is 0.444 e. The van der Waals surface area contributed by atoms with E-state index >= 15 is 4.39 Å². The molecule has 0 bridgehead atoms. The molecule has 3 saturated heterocycles. The molecule has 602 valence electrons. The number of pyridine rings is 3. The van der Waals surface area contributed by atoms with Crippen LogP contribution in [0.1, 0.15) is 208 Å². The number of nitrogens with zero attached hydrogens (tertiary/aromatic N) is 8. The summed E-state index contributed by atoms with van der Waals surface area (Å²) in [5, 5.41) is -0.166. The number of carbonyl (C=O) groups is 6. The van der Waals surface area contributed by atoms with E-state index in [1.165, 1.54) is 35.1 Å². The Labute approximate surface area is 652 Å².